The highest BCUT2D eigenvalue weighted by molar-refractivity contribution is 5.72. The molecule has 2 atom stereocenters. The zero-order chi connectivity index (χ0) is 14.7. The fourth-order valence-corrected chi connectivity index (χ4v) is 1.82. The van der Waals surface area contributed by atoms with E-state index < -0.39 is 29.6 Å². The number of nitrogens with one attached hydrogen (secondary N) is 1. The van der Waals surface area contributed by atoms with E-state index in [0.717, 1.165) is 4.57 Å². The van der Waals surface area contributed by atoms with Crippen LogP contribution in [0.4, 0.5) is 0 Å². The van der Waals surface area contributed by atoms with Gasteiger partial charge in [-0.25, -0.2) is 4.79 Å². The summed E-state index contributed by atoms with van der Waals surface area (Å²) < 4.78 is 11.0. The standard InChI is InChI=1S/C12H14N2O6/c1-19-10(16)4-7-5-14(12(18)13-11(7)17)9-3-2-8(6-15)20-9/h2-3,5,8-9,15H,4,6H2,1H3,(H,13,17,18)/t8-,9+/m0/s1. The van der Waals surface area contributed by atoms with Crippen molar-refractivity contribution < 1.29 is 19.4 Å². The average Bonchev–Trinajstić information content (AvgIpc) is 2.90. The third-order valence-electron chi connectivity index (χ3n) is 2.86. The van der Waals surface area contributed by atoms with Gasteiger partial charge < -0.3 is 14.6 Å². The van der Waals surface area contributed by atoms with Crippen LogP contribution in [-0.4, -0.2) is 40.4 Å². The van der Waals surface area contributed by atoms with E-state index >= 15 is 0 Å². The van der Waals surface area contributed by atoms with Crippen LogP contribution in [-0.2, 0) is 20.7 Å². The summed E-state index contributed by atoms with van der Waals surface area (Å²) in [5.41, 5.74) is -1.20. The maximum atomic E-state index is 11.7. The van der Waals surface area contributed by atoms with Gasteiger partial charge >= 0.3 is 11.7 Å². The number of aromatic nitrogens is 2. The monoisotopic (exact) mass is 282 g/mol. The lowest BCUT2D eigenvalue weighted by Crippen LogP contribution is -2.35. The number of aliphatic hydroxyl groups is 1. The van der Waals surface area contributed by atoms with Crippen LogP contribution in [0.1, 0.15) is 11.8 Å². The molecule has 20 heavy (non-hydrogen) atoms. The van der Waals surface area contributed by atoms with E-state index in [1.165, 1.54) is 13.3 Å². The number of aliphatic hydroxyl groups excluding tert-OH is 1. The molecule has 0 saturated heterocycles. The van der Waals surface area contributed by atoms with Gasteiger partial charge in [0.15, 0.2) is 6.23 Å². The Morgan fingerprint density at radius 3 is 2.85 bits per heavy atom. The predicted molar refractivity (Wildman–Crippen MR) is 67.2 cm³/mol. The molecule has 1 aromatic rings. The summed E-state index contributed by atoms with van der Waals surface area (Å²) in [6.45, 7) is -0.208. The average molecular weight is 282 g/mol. The van der Waals surface area contributed by atoms with Gasteiger partial charge in [-0.15, -0.1) is 0 Å². The topological polar surface area (TPSA) is 111 Å². The molecule has 8 heteroatoms. The summed E-state index contributed by atoms with van der Waals surface area (Å²) in [4.78, 5) is 36.7. The van der Waals surface area contributed by atoms with Crippen LogP contribution >= 0.6 is 0 Å². The number of H-pyrrole nitrogens is 1. The lowest BCUT2D eigenvalue weighted by atomic mass is 10.2. The van der Waals surface area contributed by atoms with Crippen molar-refractivity contribution in [3.8, 4) is 0 Å². The molecular formula is C12H14N2O6. The summed E-state index contributed by atoms with van der Waals surface area (Å²) in [6, 6.07) is 0. The summed E-state index contributed by atoms with van der Waals surface area (Å²) in [5, 5.41) is 8.97. The van der Waals surface area contributed by atoms with E-state index in [0.29, 0.717) is 0 Å². The minimum absolute atomic E-state index is 0.0981. The van der Waals surface area contributed by atoms with Crippen LogP contribution in [0.25, 0.3) is 0 Å². The zero-order valence-corrected chi connectivity index (χ0v) is 10.7. The number of hydrogen-bond acceptors (Lipinski definition) is 6. The molecule has 1 aliphatic heterocycles. The number of nitrogens with zero attached hydrogens (tertiary/aromatic N) is 1. The first kappa shape index (κ1) is 14.2. The largest absolute Gasteiger partial charge is 0.469 e. The molecule has 1 aromatic heterocycles. The van der Waals surface area contributed by atoms with Gasteiger partial charge in [-0.3, -0.25) is 19.1 Å². The Kier molecular flexibility index (Phi) is 4.16. The summed E-state index contributed by atoms with van der Waals surface area (Å²) in [6.07, 6.45) is 2.99. The van der Waals surface area contributed by atoms with Gasteiger partial charge in [0.1, 0.15) is 6.10 Å². The maximum Gasteiger partial charge on any atom is 0.330 e. The number of carbonyl (C=O) groups is 1. The molecule has 2 heterocycles. The van der Waals surface area contributed by atoms with Crippen molar-refractivity contribution in [3.63, 3.8) is 0 Å². The molecule has 2 rings (SSSR count). The van der Waals surface area contributed by atoms with Crippen LogP contribution in [0.5, 0.6) is 0 Å². The second kappa shape index (κ2) is 5.85. The van der Waals surface area contributed by atoms with Gasteiger partial charge in [-0.05, 0) is 6.08 Å². The number of carbonyl (C=O) groups excluding carboxylic acids is 1. The summed E-state index contributed by atoms with van der Waals surface area (Å²) in [7, 11) is 1.21. The minimum Gasteiger partial charge on any atom is -0.469 e. The first-order chi connectivity index (χ1) is 9.55. The molecular weight excluding hydrogens is 268 g/mol. The minimum atomic E-state index is -0.729. The molecule has 1 aliphatic rings. The Bertz CT molecular complexity index is 644. The first-order valence-corrected chi connectivity index (χ1v) is 5.91. The van der Waals surface area contributed by atoms with E-state index in [1.54, 1.807) is 12.2 Å². The third kappa shape index (κ3) is 2.86. The number of ether oxygens (including phenoxy) is 2. The highest BCUT2D eigenvalue weighted by Gasteiger charge is 2.22. The lowest BCUT2D eigenvalue weighted by Gasteiger charge is -2.15. The molecule has 0 aromatic carbocycles. The summed E-state index contributed by atoms with van der Waals surface area (Å²) >= 11 is 0. The normalized spacial score (nSPS) is 21.1. The molecule has 0 aliphatic carbocycles. The number of methoxy groups -OCH3 is 1. The molecule has 0 amide bonds. The molecule has 0 bridgehead atoms. The van der Waals surface area contributed by atoms with Crippen molar-refractivity contribution in [2.45, 2.75) is 18.8 Å². The van der Waals surface area contributed by atoms with Crippen molar-refractivity contribution in [1.82, 2.24) is 9.55 Å². The Morgan fingerprint density at radius 1 is 1.50 bits per heavy atom. The Morgan fingerprint density at radius 2 is 2.25 bits per heavy atom. The van der Waals surface area contributed by atoms with Gasteiger partial charge in [-0.2, -0.15) is 0 Å². The molecule has 8 nitrogen and oxygen atoms in total. The molecule has 0 fully saturated rings. The second-order valence-electron chi connectivity index (χ2n) is 4.21. The molecule has 108 valence electrons. The molecule has 0 unspecified atom stereocenters. The quantitative estimate of drug-likeness (QED) is 0.524. The SMILES string of the molecule is COC(=O)Cc1cn([C@H]2C=C[C@@H](CO)O2)c(=O)[nH]c1=O. The van der Waals surface area contributed by atoms with Crippen molar-refractivity contribution in [2.24, 2.45) is 0 Å². The molecule has 0 radical (unpaired) electrons. The van der Waals surface area contributed by atoms with Crippen molar-refractivity contribution in [3.05, 3.63) is 44.8 Å². The van der Waals surface area contributed by atoms with E-state index in [2.05, 4.69) is 9.72 Å². The van der Waals surface area contributed by atoms with Crippen molar-refractivity contribution >= 4 is 5.97 Å². The molecule has 2 N–H and O–H groups in total. The third-order valence-corrected chi connectivity index (χ3v) is 2.86. The predicted octanol–water partition coefficient (Wildman–Crippen LogP) is -1.30. The highest BCUT2D eigenvalue weighted by atomic mass is 16.5. The van der Waals surface area contributed by atoms with E-state index in [-0.39, 0.29) is 18.6 Å². The van der Waals surface area contributed by atoms with Gasteiger partial charge in [0.05, 0.1) is 20.1 Å². The van der Waals surface area contributed by atoms with Crippen molar-refractivity contribution in [1.29, 1.82) is 0 Å². The fraction of sp³-hybridized carbons (Fsp3) is 0.417. The summed E-state index contributed by atoms with van der Waals surface area (Å²) in [5.74, 6) is -0.586. The van der Waals surface area contributed by atoms with Gasteiger partial charge in [0.2, 0.25) is 0 Å². The van der Waals surface area contributed by atoms with E-state index in [9.17, 15) is 14.4 Å². The fourth-order valence-electron chi connectivity index (χ4n) is 1.82. The van der Waals surface area contributed by atoms with E-state index in [4.69, 9.17) is 9.84 Å². The zero-order valence-electron chi connectivity index (χ0n) is 10.7. The van der Waals surface area contributed by atoms with Gasteiger partial charge in [-0.1, -0.05) is 6.08 Å². The Labute approximate surface area is 113 Å². The van der Waals surface area contributed by atoms with Gasteiger partial charge in [0.25, 0.3) is 5.56 Å². The van der Waals surface area contributed by atoms with Crippen LogP contribution in [0.2, 0.25) is 0 Å². The second-order valence-corrected chi connectivity index (χ2v) is 4.21. The number of esters is 1. The number of rotatable bonds is 4. The van der Waals surface area contributed by atoms with Crippen LogP contribution < -0.4 is 11.2 Å². The Balaban J connectivity index is 2.32. The first-order valence-electron chi connectivity index (χ1n) is 5.91. The Hall–Kier alpha value is -2.19. The molecule has 0 saturated carbocycles. The smallest absolute Gasteiger partial charge is 0.330 e. The number of hydrogen-bond donors (Lipinski definition) is 2. The van der Waals surface area contributed by atoms with Crippen LogP contribution in [0.15, 0.2) is 27.9 Å². The lowest BCUT2D eigenvalue weighted by molar-refractivity contribution is -0.139. The van der Waals surface area contributed by atoms with Crippen molar-refractivity contribution in [2.75, 3.05) is 13.7 Å². The van der Waals surface area contributed by atoms with Crippen LogP contribution in [0.3, 0.4) is 0 Å². The highest BCUT2D eigenvalue weighted by Crippen LogP contribution is 2.18. The number of aromatic amines is 1. The maximum absolute atomic E-state index is 11.7. The van der Waals surface area contributed by atoms with E-state index in [1.807, 2.05) is 0 Å². The van der Waals surface area contributed by atoms with Crippen LogP contribution in [0, 0.1) is 0 Å². The molecule has 0 spiro atoms. The van der Waals surface area contributed by atoms with Gasteiger partial charge in [0, 0.05) is 11.8 Å².